The molecular weight excluding hydrogens is 290 g/mol. The van der Waals surface area contributed by atoms with Gasteiger partial charge in [0.15, 0.2) is 5.76 Å². The molecule has 0 aliphatic heterocycles. The minimum absolute atomic E-state index is 0.209. The number of benzene rings is 1. The summed E-state index contributed by atoms with van der Waals surface area (Å²) in [6.07, 6.45) is 1.52. The molecule has 5 nitrogen and oxygen atoms in total. The van der Waals surface area contributed by atoms with E-state index in [1.165, 1.54) is 6.26 Å². The molecule has 118 valence electrons. The normalized spacial score (nSPS) is 10.7. The van der Waals surface area contributed by atoms with Crippen molar-refractivity contribution in [3.63, 3.8) is 0 Å². The largest absolute Gasteiger partial charge is 0.459 e. The van der Waals surface area contributed by atoms with Crippen molar-refractivity contribution in [2.45, 2.75) is 27.3 Å². The molecule has 0 aliphatic rings. The fourth-order valence-corrected chi connectivity index (χ4v) is 2.61. The Kier molecular flexibility index (Phi) is 4.02. The zero-order valence-corrected chi connectivity index (χ0v) is 13.5. The first kappa shape index (κ1) is 15.1. The molecular formula is C18H19N3O2. The van der Waals surface area contributed by atoms with Gasteiger partial charge in [-0.05, 0) is 39.0 Å². The maximum atomic E-state index is 12.2. The Balaban J connectivity index is 1.80. The third-order valence-electron chi connectivity index (χ3n) is 3.94. The van der Waals surface area contributed by atoms with Gasteiger partial charge in [-0.15, -0.1) is 0 Å². The highest BCUT2D eigenvalue weighted by Crippen LogP contribution is 2.18. The summed E-state index contributed by atoms with van der Waals surface area (Å²) in [6.45, 7) is 6.23. The van der Waals surface area contributed by atoms with Crippen LogP contribution in [0.15, 0.2) is 47.1 Å². The Hall–Kier alpha value is -2.82. The summed E-state index contributed by atoms with van der Waals surface area (Å²) in [5.74, 6) is 0.148. The first-order valence-corrected chi connectivity index (χ1v) is 7.50. The van der Waals surface area contributed by atoms with Crippen molar-refractivity contribution in [3.05, 3.63) is 70.9 Å². The maximum Gasteiger partial charge on any atom is 0.287 e. The first-order chi connectivity index (χ1) is 11.1. The van der Waals surface area contributed by atoms with Crippen LogP contribution < -0.4 is 5.32 Å². The van der Waals surface area contributed by atoms with E-state index >= 15 is 0 Å². The molecule has 0 spiro atoms. The lowest BCUT2D eigenvalue weighted by atomic mass is 10.2. The predicted octanol–water partition coefficient (Wildman–Crippen LogP) is 3.32. The fourth-order valence-electron chi connectivity index (χ4n) is 2.61. The predicted molar refractivity (Wildman–Crippen MR) is 87.7 cm³/mol. The molecule has 1 aromatic carbocycles. The van der Waals surface area contributed by atoms with Crippen LogP contribution in [-0.2, 0) is 6.54 Å². The maximum absolute atomic E-state index is 12.2. The van der Waals surface area contributed by atoms with Gasteiger partial charge in [-0.1, -0.05) is 18.2 Å². The topological polar surface area (TPSA) is 60.1 Å². The average Bonchev–Trinajstić information content (AvgIpc) is 3.10. The van der Waals surface area contributed by atoms with Gasteiger partial charge in [-0.3, -0.25) is 4.79 Å². The standard InChI is InChI=1S/C18H19N3O2/c1-12-9-10-23-17(12)18(22)19-11-16-13(2)20-21(14(16)3)15-7-5-4-6-8-15/h4-10H,11H2,1-3H3,(H,19,22). The summed E-state index contributed by atoms with van der Waals surface area (Å²) < 4.78 is 7.11. The third kappa shape index (κ3) is 2.90. The Morgan fingerprint density at radius 3 is 2.57 bits per heavy atom. The second-order valence-corrected chi connectivity index (χ2v) is 5.51. The molecule has 0 radical (unpaired) electrons. The van der Waals surface area contributed by atoms with Crippen LogP contribution in [0, 0.1) is 20.8 Å². The van der Waals surface area contributed by atoms with E-state index in [0.29, 0.717) is 12.3 Å². The molecule has 0 atom stereocenters. The van der Waals surface area contributed by atoms with E-state index in [1.54, 1.807) is 6.07 Å². The Labute approximate surface area is 134 Å². The number of carbonyl (C=O) groups is 1. The molecule has 0 saturated carbocycles. The highest BCUT2D eigenvalue weighted by molar-refractivity contribution is 5.92. The van der Waals surface area contributed by atoms with Crippen LogP contribution in [0.3, 0.4) is 0 Å². The van der Waals surface area contributed by atoms with Gasteiger partial charge in [0, 0.05) is 23.4 Å². The van der Waals surface area contributed by atoms with E-state index in [-0.39, 0.29) is 5.91 Å². The second kappa shape index (κ2) is 6.12. The van der Waals surface area contributed by atoms with Crippen LogP contribution in [0.1, 0.15) is 33.1 Å². The number of carbonyl (C=O) groups excluding carboxylic acids is 1. The Bertz CT molecular complexity index is 831. The minimum Gasteiger partial charge on any atom is -0.459 e. The summed E-state index contributed by atoms with van der Waals surface area (Å²) in [6, 6.07) is 11.7. The fraction of sp³-hybridized carbons (Fsp3) is 0.222. The number of amides is 1. The number of aromatic nitrogens is 2. The van der Waals surface area contributed by atoms with Crippen molar-refractivity contribution >= 4 is 5.91 Å². The van der Waals surface area contributed by atoms with Gasteiger partial charge in [-0.25, -0.2) is 4.68 Å². The molecule has 0 fully saturated rings. The van der Waals surface area contributed by atoms with Crippen molar-refractivity contribution in [1.29, 1.82) is 0 Å². The summed E-state index contributed by atoms with van der Waals surface area (Å²) >= 11 is 0. The number of rotatable bonds is 4. The van der Waals surface area contributed by atoms with Crippen molar-refractivity contribution in [1.82, 2.24) is 15.1 Å². The molecule has 0 saturated heterocycles. The van der Waals surface area contributed by atoms with E-state index in [2.05, 4.69) is 10.4 Å². The molecule has 1 amide bonds. The molecule has 23 heavy (non-hydrogen) atoms. The van der Waals surface area contributed by atoms with Gasteiger partial charge in [0.2, 0.25) is 0 Å². The molecule has 3 aromatic rings. The molecule has 5 heteroatoms. The average molecular weight is 309 g/mol. The molecule has 2 aromatic heterocycles. The highest BCUT2D eigenvalue weighted by Gasteiger charge is 2.16. The molecule has 3 rings (SSSR count). The van der Waals surface area contributed by atoms with E-state index < -0.39 is 0 Å². The quantitative estimate of drug-likeness (QED) is 0.804. The third-order valence-corrected chi connectivity index (χ3v) is 3.94. The van der Waals surface area contributed by atoms with Crippen molar-refractivity contribution in [2.75, 3.05) is 0 Å². The van der Waals surface area contributed by atoms with E-state index in [1.807, 2.05) is 55.8 Å². The summed E-state index contributed by atoms with van der Waals surface area (Å²) in [5.41, 5.74) is 4.78. The van der Waals surface area contributed by atoms with E-state index in [0.717, 1.165) is 28.2 Å². The second-order valence-electron chi connectivity index (χ2n) is 5.51. The van der Waals surface area contributed by atoms with Crippen LogP contribution in [0.2, 0.25) is 0 Å². The van der Waals surface area contributed by atoms with Crippen LogP contribution in [-0.4, -0.2) is 15.7 Å². The van der Waals surface area contributed by atoms with Gasteiger partial charge in [-0.2, -0.15) is 5.10 Å². The lowest BCUT2D eigenvalue weighted by Gasteiger charge is -2.06. The SMILES string of the molecule is Cc1ccoc1C(=O)NCc1c(C)nn(-c2ccccc2)c1C. The molecule has 1 N–H and O–H groups in total. The summed E-state index contributed by atoms with van der Waals surface area (Å²) in [5, 5.41) is 7.48. The van der Waals surface area contributed by atoms with Crippen LogP contribution in [0.25, 0.3) is 5.69 Å². The van der Waals surface area contributed by atoms with Gasteiger partial charge in [0.25, 0.3) is 5.91 Å². The Morgan fingerprint density at radius 1 is 1.17 bits per heavy atom. The van der Waals surface area contributed by atoms with Crippen LogP contribution in [0.4, 0.5) is 0 Å². The smallest absolute Gasteiger partial charge is 0.287 e. The number of nitrogens with one attached hydrogen (secondary N) is 1. The highest BCUT2D eigenvalue weighted by atomic mass is 16.3. The van der Waals surface area contributed by atoms with Crippen molar-refractivity contribution in [2.24, 2.45) is 0 Å². The van der Waals surface area contributed by atoms with Crippen LogP contribution >= 0.6 is 0 Å². The van der Waals surface area contributed by atoms with Crippen molar-refractivity contribution in [3.8, 4) is 5.69 Å². The van der Waals surface area contributed by atoms with Gasteiger partial charge >= 0.3 is 0 Å². The monoisotopic (exact) mass is 309 g/mol. The minimum atomic E-state index is -0.209. The zero-order valence-electron chi connectivity index (χ0n) is 13.5. The van der Waals surface area contributed by atoms with Crippen LogP contribution in [0.5, 0.6) is 0 Å². The van der Waals surface area contributed by atoms with Crippen molar-refractivity contribution < 1.29 is 9.21 Å². The summed E-state index contributed by atoms with van der Waals surface area (Å²) in [7, 11) is 0. The van der Waals surface area contributed by atoms with Gasteiger partial charge < -0.3 is 9.73 Å². The molecule has 2 heterocycles. The van der Waals surface area contributed by atoms with E-state index in [9.17, 15) is 4.79 Å². The lowest BCUT2D eigenvalue weighted by Crippen LogP contribution is -2.23. The molecule has 0 unspecified atom stereocenters. The van der Waals surface area contributed by atoms with E-state index in [4.69, 9.17) is 4.42 Å². The number of para-hydroxylation sites is 1. The number of aryl methyl sites for hydroxylation is 2. The summed E-state index contributed by atoms with van der Waals surface area (Å²) in [4.78, 5) is 12.2. The zero-order chi connectivity index (χ0) is 16.4. The van der Waals surface area contributed by atoms with Gasteiger partial charge in [0.1, 0.15) is 0 Å². The molecule has 0 bridgehead atoms. The number of nitrogens with zero attached hydrogens (tertiary/aromatic N) is 2. The first-order valence-electron chi connectivity index (χ1n) is 7.50. The number of hydrogen-bond acceptors (Lipinski definition) is 3. The number of hydrogen-bond donors (Lipinski definition) is 1. The molecule has 0 aliphatic carbocycles. The number of furan rings is 1. The lowest BCUT2D eigenvalue weighted by molar-refractivity contribution is 0.0922. The van der Waals surface area contributed by atoms with Gasteiger partial charge in [0.05, 0.1) is 17.6 Å². The Morgan fingerprint density at radius 2 is 1.91 bits per heavy atom.